The Morgan fingerprint density at radius 3 is 2.26 bits per heavy atom. The van der Waals surface area contributed by atoms with Crippen molar-refractivity contribution in [3.8, 4) is 0 Å². The van der Waals surface area contributed by atoms with Gasteiger partial charge in [-0.15, -0.1) is 0 Å². The first-order valence-corrected chi connectivity index (χ1v) is 14.3. The lowest BCUT2D eigenvalue weighted by molar-refractivity contribution is -0.156. The summed E-state index contributed by atoms with van der Waals surface area (Å²) in [5.41, 5.74) is -1.59. The number of fused-ring (bicyclic) bond motifs is 2. The highest BCUT2D eigenvalue weighted by Crippen LogP contribution is 2.59. The van der Waals surface area contributed by atoms with Gasteiger partial charge in [0.15, 0.2) is 0 Å². The van der Waals surface area contributed by atoms with Crippen LogP contribution in [0.3, 0.4) is 0 Å². The Morgan fingerprint density at radius 1 is 0.949 bits per heavy atom. The van der Waals surface area contributed by atoms with Crippen LogP contribution in [-0.2, 0) is 19.1 Å². The number of hydrogen-bond donors (Lipinski definition) is 1. The van der Waals surface area contributed by atoms with E-state index in [1.807, 2.05) is 89.3 Å². The second-order valence-electron chi connectivity index (χ2n) is 12.0. The number of benzene rings is 1. The number of para-hydroxylation sites is 1. The molecular formula is C31H41N3O5. The van der Waals surface area contributed by atoms with Gasteiger partial charge >= 0.3 is 0 Å². The number of hydrogen-bond acceptors (Lipinski definition) is 5. The summed E-state index contributed by atoms with van der Waals surface area (Å²) < 4.78 is 7.02. The van der Waals surface area contributed by atoms with E-state index in [2.05, 4.69) is 0 Å². The molecule has 8 nitrogen and oxygen atoms in total. The zero-order chi connectivity index (χ0) is 28.1. The summed E-state index contributed by atoms with van der Waals surface area (Å²) in [6.45, 7) is 10.4. The van der Waals surface area contributed by atoms with Gasteiger partial charge in [0.25, 0.3) is 0 Å². The third kappa shape index (κ3) is 4.14. The molecule has 4 aliphatic rings. The molecule has 2 fully saturated rings. The molecule has 4 heterocycles. The summed E-state index contributed by atoms with van der Waals surface area (Å²) >= 11 is 0. The Morgan fingerprint density at radius 2 is 1.64 bits per heavy atom. The van der Waals surface area contributed by atoms with Gasteiger partial charge in [-0.2, -0.15) is 0 Å². The molecule has 4 aliphatic heterocycles. The van der Waals surface area contributed by atoms with Crippen LogP contribution in [0.2, 0.25) is 0 Å². The first-order chi connectivity index (χ1) is 18.6. The SMILES string of the molecule is CC[C@]12C=CCN(c3ccccc3)C(=O)[C@H]1[C@H]1C(=O)N([C@@H](CO)CC(C)C)C3C(=O)N(C(C)C)CC=C[C@@]31O2. The molecule has 1 N–H and O–H groups in total. The number of rotatable bonds is 7. The Balaban J connectivity index is 1.69. The monoisotopic (exact) mass is 535 g/mol. The number of nitrogens with zero attached hydrogens (tertiary/aromatic N) is 3. The third-order valence-corrected chi connectivity index (χ3v) is 8.95. The smallest absolute Gasteiger partial charge is 0.249 e. The van der Waals surface area contributed by atoms with E-state index in [0.717, 1.165) is 5.69 Å². The van der Waals surface area contributed by atoms with Crippen LogP contribution in [0.4, 0.5) is 5.69 Å². The van der Waals surface area contributed by atoms with E-state index in [-0.39, 0.29) is 36.3 Å². The normalized spacial score (nSPS) is 33.0. The minimum atomic E-state index is -1.32. The van der Waals surface area contributed by atoms with Crippen LogP contribution >= 0.6 is 0 Å². The number of ether oxygens (including phenoxy) is 1. The molecule has 0 bridgehead atoms. The van der Waals surface area contributed by atoms with Crippen molar-refractivity contribution in [3.05, 3.63) is 54.6 Å². The molecule has 1 aromatic rings. The highest BCUT2D eigenvalue weighted by molar-refractivity contribution is 6.04. The van der Waals surface area contributed by atoms with Crippen LogP contribution in [0.15, 0.2) is 54.6 Å². The lowest BCUT2D eigenvalue weighted by Gasteiger charge is -2.41. The highest BCUT2D eigenvalue weighted by atomic mass is 16.5. The van der Waals surface area contributed by atoms with Gasteiger partial charge < -0.3 is 24.5 Å². The number of carbonyl (C=O) groups excluding carboxylic acids is 3. The van der Waals surface area contributed by atoms with Gasteiger partial charge in [0.2, 0.25) is 17.7 Å². The third-order valence-electron chi connectivity index (χ3n) is 8.95. The van der Waals surface area contributed by atoms with Crippen LogP contribution in [0, 0.1) is 17.8 Å². The van der Waals surface area contributed by atoms with E-state index < -0.39 is 35.1 Å². The van der Waals surface area contributed by atoms with Gasteiger partial charge in [-0.25, -0.2) is 0 Å². The topological polar surface area (TPSA) is 90.4 Å². The minimum absolute atomic E-state index is 0.0897. The molecule has 6 atom stereocenters. The Hall–Kier alpha value is -2.97. The van der Waals surface area contributed by atoms with Gasteiger partial charge in [-0.3, -0.25) is 14.4 Å². The van der Waals surface area contributed by atoms with E-state index >= 15 is 0 Å². The number of likely N-dealkylation sites (tertiary alicyclic amines) is 1. The number of anilines is 1. The average molecular weight is 536 g/mol. The van der Waals surface area contributed by atoms with Gasteiger partial charge in [0, 0.05) is 24.8 Å². The predicted octanol–water partition coefficient (Wildman–Crippen LogP) is 3.16. The molecule has 39 heavy (non-hydrogen) atoms. The minimum Gasteiger partial charge on any atom is -0.394 e. The van der Waals surface area contributed by atoms with Crippen molar-refractivity contribution in [2.24, 2.45) is 17.8 Å². The summed E-state index contributed by atoms with van der Waals surface area (Å²) in [6.07, 6.45) is 8.70. The van der Waals surface area contributed by atoms with Gasteiger partial charge in [0.1, 0.15) is 11.6 Å². The fourth-order valence-corrected chi connectivity index (χ4v) is 7.24. The molecule has 3 amide bonds. The molecule has 0 saturated carbocycles. The van der Waals surface area contributed by atoms with Gasteiger partial charge in [-0.05, 0) is 44.7 Å². The van der Waals surface area contributed by atoms with Crippen LogP contribution in [0.25, 0.3) is 0 Å². The van der Waals surface area contributed by atoms with E-state index in [4.69, 9.17) is 4.74 Å². The summed E-state index contributed by atoms with van der Waals surface area (Å²) in [7, 11) is 0. The predicted molar refractivity (Wildman–Crippen MR) is 149 cm³/mol. The van der Waals surface area contributed by atoms with Crippen LogP contribution in [0.5, 0.6) is 0 Å². The van der Waals surface area contributed by atoms with E-state index in [9.17, 15) is 19.5 Å². The summed E-state index contributed by atoms with van der Waals surface area (Å²) in [6, 6.07) is 7.85. The van der Waals surface area contributed by atoms with E-state index in [1.54, 1.807) is 14.7 Å². The maximum absolute atomic E-state index is 14.6. The maximum Gasteiger partial charge on any atom is 0.249 e. The van der Waals surface area contributed by atoms with Crippen molar-refractivity contribution in [1.82, 2.24) is 9.80 Å². The molecule has 2 saturated heterocycles. The Labute approximate surface area is 231 Å². The molecule has 8 heteroatoms. The lowest BCUT2D eigenvalue weighted by Crippen LogP contribution is -2.59. The van der Waals surface area contributed by atoms with Crippen molar-refractivity contribution >= 4 is 23.4 Å². The fourth-order valence-electron chi connectivity index (χ4n) is 7.24. The number of carbonyl (C=O) groups is 3. The van der Waals surface area contributed by atoms with Crippen molar-refractivity contribution in [2.75, 3.05) is 24.6 Å². The summed E-state index contributed by atoms with van der Waals surface area (Å²) in [5, 5.41) is 10.5. The van der Waals surface area contributed by atoms with Crippen molar-refractivity contribution in [3.63, 3.8) is 0 Å². The molecule has 0 aromatic heterocycles. The van der Waals surface area contributed by atoms with Crippen LogP contribution in [0.1, 0.15) is 47.5 Å². The first-order valence-electron chi connectivity index (χ1n) is 14.3. The Kier molecular flexibility index (Phi) is 7.22. The largest absolute Gasteiger partial charge is 0.394 e. The summed E-state index contributed by atoms with van der Waals surface area (Å²) in [5.74, 6) is -2.19. The molecule has 0 aliphatic carbocycles. The van der Waals surface area contributed by atoms with Crippen molar-refractivity contribution in [1.29, 1.82) is 0 Å². The summed E-state index contributed by atoms with van der Waals surface area (Å²) in [4.78, 5) is 48.5. The molecule has 1 unspecified atom stereocenters. The van der Waals surface area contributed by atoms with Gasteiger partial charge in [0.05, 0.1) is 30.1 Å². The standard InChI is InChI=1S/C31H41N3O5/c1-6-30-14-10-17-33(22-12-8-7-9-13-22)27(36)24(30)25-28(37)34(23(19-35)18-20(2)3)26-29(38)32(21(4)5)16-11-15-31(25,26)39-30/h7-15,20-21,23-26,35H,6,16-19H2,1-5H3/t23-,24-,25+,26?,30+,31+/m1/s1. The molecule has 1 spiro atoms. The van der Waals surface area contributed by atoms with E-state index in [0.29, 0.717) is 25.9 Å². The fraction of sp³-hybridized carbons (Fsp3) is 0.581. The number of aliphatic hydroxyl groups is 1. The molecule has 210 valence electrons. The second kappa shape index (κ2) is 10.2. The molecule has 0 radical (unpaired) electrons. The van der Waals surface area contributed by atoms with E-state index in [1.165, 1.54) is 0 Å². The highest BCUT2D eigenvalue weighted by Gasteiger charge is 2.76. The first kappa shape index (κ1) is 27.6. The number of aliphatic hydroxyl groups excluding tert-OH is 1. The zero-order valence-corrected chi connectivity index (χ0v) is 23.6. The van der Waals surface area contributed by atoms with Crippen LogP contribution < -0.4 is 4.90 Å². The molecule has 1 aromatic carbocycles. The second-order valence-corrected chi connectivity index (χ2v) is 12.0. The van der Waals surface area contributed by atoms with Gasteiger partial charge in [-0.1, -0.05) is 63.3 Å². The number of amides is 3. The quantitative estimate of drug-likeness (QED) is 0.542. The Bertz CT molecular complexity index is 1180. The average Bonchev–Trinajstić information content (AvgIpc) is 3.20. The lowest BCUT2D eigenvalue weighted by atomic mass is 9.73. The van der Waals surface area contributed by atoms with Crippen molar-refractivity contribution < 1.29 is 24.2 Å². The maximum atomic E-state index is 14.6. The molecular weight excluding hydrogens is 494 g/mol. The van der Waals surface area contributed by atoms with Crippen molar-refractivity contribution in [2.45, 2.75) is 76.8 Å². The van der Waals surface area contributed by atoms with Crippen LogP contribution in [-0.4, -0.2) is 81.7 Å². The molecule has 5 rings (SSSR count). The zero-order valence-electron chi connectivity index (χ0n) is 23.6.